The Labute approximate surface area is 151 Å². The van der Waals surface area contributed by atoms with Crippen molar-refractivity contribution in [2.75, 3.05) is 13.1 Å². The highest BCUT2D eigenvalue weighted by atomic mass is 127. The van der Waals surface area contributed by atoms with E-state index in [1.807, 2.05) is 6.92 Å². The Hall–Kier alpha value is -1.16. The molecule has 8 heteroatoms. The van der Waals surface area contributed by atoms with Gasteiger partial charge in [0.25, 0.3) is 0 Å². The summed E-state index contributed by atoms with van der Waals surface area (Å²) in [6.45, 7) is 8.05. The van der Waals surface area contributed by atoms with Gasteiger partial charge in [0.15, 0.2) is 11.8 Å². The number of guanidine groups is 1. The third-order valence-electron chi connectivity index (χ3n) is 2.90. The van der Waals surface area contributed by atoms with Crippen LogP contribution >= 0.6 is 35.3 Å². The van der Waals surface area contributed by atoms with Gasteiger partial charge in [-0.15, -0.1) is 35.3 Å². The van der Waals surface area contributed by atoms with Crippen molar-refractivity contribution in [2.45, 2.75) is 33.2 Å². The van der Waals surface area contributed by atoms with Gasteiger partial charge in [-0.05, 0) is 18.4 Å². The van der Waals surface area contributed by atoms with E-state index in [2.05, 4.69) is 50.2 Å². The van der Waals surface area contributed by atoms with Gasteiger partial charge < -0.3 is 15.2 Å². The lowest BCUT2D eigenvalue weighted by atomic mass is 10.1. The van der Waals surface area contributed by atoms with Crippen LogP contribution in [0.2, 0.25) is 0 Å². The number of nitrogens with one attached hydrogen (secondary N) is 2. The van der Waals surface area contributed by atoms with Crippen molar-refractivity contribution in [3.05, 3.63) is 34.1 Å². The second-order valence-electron chi connectivity index (χ2n) is 4.72. The van der Waals surface area contributed by atoms with Gasteiger partial charge in [0.2, 0.25) is 5.89 Å². The first-order valence-electron chi connectivity index (χ1n) is 7.03. The van der Waals surface area contributed by atoms with E-state index in [4.69, 9.17) is 4.52 Å². The standard InChI is InChI=1S/C14H21N5OS.HI/c1-4-15-14(17-9-13-18-11(3)20-19-13)16-8-10(2)12-6-5-7-21-12;/h5-7,10H,4,8-9H2,1-3H3,(H2,15,16,17);1H. The highest BCUT2D eigenvalue weighted by Crippen LogP contribution is 2.19. The number of nitrogens with zero attached hydrogens (tertiary/aromatic N) is 3. The summed E-state index contributed by atoms with van der Waals surface area (Å²) < 4.78 is 4.93. The Kier molecular flexibility index (Phi) is 8.39. The minimum absolute atomic E-state index is 0. The average molecular weight is 435 g/mol. The molecule has 6 nitrogen and oxygen atoms in total. The third kappa shape index (κ3) is 5.91. The summed E-state index contributed by atoms with van der Waals surface area (Å²) in [5, 5.41) is 12.5. The molecule has 122 valence electrons. The molecule has 0 radical (unpaired) electrons. The van der Waals surface area contributed by atoms with Crippen molar-refractivity contribution in [3.8, 4) is 0 Å². The summed E-state index contributed by atoms with van der Waals surface area (Å²) in [7, 11) is 0. The molecule has 22 heavy (non-hydrogen) atoms. The summed E-state index contributed by atoms with van der Waals surface area (Å²) >= 11 is 1.78. The maximum Gasteiger partial charge on any atom is 0.223 e. The molecule has 1 atom stereocenters. The van der Waals surface area contributed by atoms with E-state index >= 15 is 0 Å². The van der Waals surface area contributed by atoms with Crippen LogP contribution in [0.3, 0.4) is 0 Å². The molecule has 2 aromatic heterocycles. The number of hydrogen-bond acceptors (Lipinski definition) is 5. The Morgan fingerprint density at radius 1 is 1.45 bits per heavy atom. The topological polar surface area (TPSA) is 75.3 Å². The molecule has 0 amide bonds. The van der Waals surface area contributed by atoms with Crippen molar-refractivity contribution >= 4 is 41.3 Å². The first-order chi connectivity index (χ1) is 10.2. The molecule has 1 unspecified atom stereocenters. The molecule has 0 bridgehead atoms. The maximum absolute atomic E-state index is 4.93. The summed E-state index contributed by atoms with van der Waals surface area (Å²) in [6.07, 6.45) is 0. The van der Waals surface area contributed by atoms with Gasteiger partial charge in [-0.2, -0.15) is 4.98 Å². The van der Waals surface area contributed by atoms with E-state index in [0.717, 1.165) is 19.0 Å². The number of aliphatic imine (C=N–C) groups is 1. The molecule has 2 aromatic rings. The SMILES string of the molecule is CCNC(=NCc1noc(C)n1)NCC(C)c1cccs1.I. The van der Waals surface area contributed by atoms with Crippen LogP contribution in [-0.4, -0.2) is 29.2 Å². The van der Waals surface area contributed by atoms with Crippen LogP contribution in [0.1, 0.15) is 36.4 Å². The van der Waals surface area contributed by atoms with E-state index in [1.54, 1.807) is 18.3 Å². The van der Waals surface area contributed by atoms with Crippen molar-refractivity contribution in [3.63, 3.8) is 0 Å². The van der Waals surface area contributed by atoms with Crippen LogP contribution in [-0.2, 0) is 6.54 Å². The average Bonchev–Trinajstić information content (AvgIpc) is 3.13. The Balaban J connectivity index is 0.00000242. The number of thiophene rings is 1. The van der Waals surface area contributed by atoms with E-state index in [9.17, 15) is 0 Å². The highest BCUT2D eigenvalue weighted by molar-refractivity contribution is 14.0. The molecule has 2 heterocycles. The molecule has 0 aliphatic carbocycles. The summed E-state index contributed by atoms with van der Waals surface area (Å²) in [5.41, 5.74) is 0. The first kappa shape index (κ1) is 18.9. The lowest BCUT2D eigenvalue weighted by Gasteiger charge is -2.14. The fourth-order valence-corrected chi connectivity index (χ4v) is 2.61. The predicted molar refractivity (Wildman–Crippen MR) is 100 cm³/mol. The van der Waals surface area contributed by atoms with Crippen LogP contribution in [0.4, 0.5) is 0 Å². The van der Waals surface area contributed by atoms with E-state index in [-0.39, 0.29) is 24.0 Å². The normalized spacial score (nSPS) is 12.6. The first-order valence-corrected chi connectivity index (χ1v) is 7.91. The second kappa shape index (κ2) is 9.78. The zero-order valence-corrected chi connectivity index (χ0v) is 16.1. The van der Waals surface area contributed by atoms with Crippen LogP contribution in [0, 0.1) is 6.92 Å². The number of halogens is 1. The predicted octanol–water partition coefficient (Wildman–Crippen LogP) is 2.92. The quantitative estimate of drug-likeness (QED) is 0.415. The molecule has 0 aromatic carbocycles. The Morgan fingerprint density at radius 3 is 2.86 bits per heavy atom. The molecule has 2 N–H and O–H groups in total. The van der Waals surface area contributed by atoms with Crippen molar-refractivity contribution in [1.82, 2.24) is 20.8 Å². The van der Waals surface area contributed by atoms with Crippen LogP contribution < -0.4 is 10.6 Å². The molecular formula is C14H22IN5OS. The van der Waals surface area contributed by atoms with Gasteiger partial charge >= 0.3 is 0 Å². The summed E-state index contributed by atoms with van der Waals surface area (Å²) in [4.78, 5) is 9.97. The van der Waals surface area contributed by atoms with Crippen molar-refractivity contribution in [1.29, 1.82) is 0 Å². The molecule has 0 spiro atoms. The Morgan fingerprint density at radius 2 is 2.27 bits per heavy atom. The van der Waals surface area contributed by atoms with E-state index in [0.29, 0.717) is 24.2 Å². The molecular weight excluding hydrogens is 413 g/mol. The van der Waals surface area contributed by atoms with Crippen molar-refractivity contribution < 1.29 is 4.52 Å². The number of aryl methyl sites for hydroxylation is 1. The summed E-state index contributed by atoms with van der Waals surface area (Å²) in [6, 6.07) is 4.23. The minimum Gasteiger partial charge on any atom is -0.357 e. The molecule has 2 rings (SSSR count). The monoisotopic (exact) mass is 435 g/mol. The number of hydrogen-bond donors (Lipinski definition) is 2. The fourth-order valence-electron chi connectivity index (χ4n) is 1.82. The zero-order valence-electron chi connectivity index (χ0n) is 13.0. The van der Waals surface area contributed by atoms with Gasteiger partial charge in [0.1, 0.15) is 6.54 Å². The number of aromatic nitrogens is 2. The smallest absolute Gasteiger partial charge is 0.223 e. The summed E-state index contributed by atoms with van der Waals surface area (Å²) in [5.74, 6) is 2.37. The molecule has 0 saturated carbocycles. The van der Waals surface area contributed by atoms with Gasteiger partial charge in [0, 0.05) is 30.8 Å². The van der Waals surface area contributed by atoms with Gasteiger partial charge in [0.05, 0.1) is 0 Å². The molecule has 0 aliphatic heterocycles. The van der Waals surface area contributed by atoms with Gasteiger partial charge in [-0.25, -0.2) is 4.99 Å². The second-order valence-corrected chi connectivity index (χ2v) is 5.70. The lowest BCUT2D eigenvalue weighted by Crippen LogP contribution is -2.39. The minimum atomic E-state index is 0. The molecule has 0 aliphatic rings. The van der Waals surface area contributed by atoms with Crippen molar-refractivity contribution in [2.24, 2.45) is 4.99 Å². The van der Waals surface area contributed by atoms with Crippen LogP contribution in [0.5, 0.6) is 0 Å². The Bertz CT molecular complexity index is 570. The van der Waals surface area contributed by atoms with Crippen LogP contribution in [0.15, 0.2) is 27.0 Å². The van der Waals surface area contributed by atoms with Crippen LogP contribution in [0.25, 0.3) is 0 Å². The van der Waals surface area contributed by atoms with E-state index < -0.39 is 0 Å². The number of rotatable bonds is 6. The molecule has 0 fully saturated rings. The fraction of sp³-hybridized carbons (Fsp3) is 0.500. The highest BCUT2D eigenvalue weighted by Gasteiger charge is 2.08. The largest absolute Gasteiger partial charge is 0.357 e. The zero-order chi connectivity index (χ0) is 15.1. The van der Waals surface area contributed by atoms with Gasteiger partial charge in [-0.3, -0.25) is 0 Å². The third-order valence-corrected chi connectivity index (χ3v) is 4.00. The lowest BCUT2D eigenvalue weighted by molar-refractivity contribution is 0.387. The maximum atomic E-state index is 4.93. The van der Waals surface area contributed by atoms with E-state index in [1.165, 1.54) is 4.88 Å². The van der Waals surface area contributed by atoms with Gasteiger partial charge in [-0.1, -0.05) is 18.1 Å². The molecule has 0 saturated heterocycles.